The third-order valence-electron chi connectivity index (χ3n) is 3.20. The Labute approximate surface area is 105 Å². The number of rotatable bonds is 3. The van der Waals surface area contributed by atoms with Crippen LogP contribution < -0.4 is 4.74 Å². The molecule has 92 valence electrons. The van der Waals surface area contributed by atoms with Crippen LogP contribution in [0.1, 0.15) is 23.2 Å². The van der Waals surface area contributed by atoms with Gasteiger partial charge in [-0.2, -0.15) is 0 Å². The van der Waals surface area contributed by atoms with E-state index in [-0.39, 0.29) is 5.82 Å². The highest BCUT2D eigenvalue weighted by Gasteiger charge is 2.12. The number of benzene rings is 1. The summed E-state index contributed by atoms with van der Waals surface area (Å²) in [5, 5.41) is 0. The number of aryl methyl sites for hydroxylation is 2. The third-order valence-corrected chi connectivity index (χ3v) is 3.20. The first-order valence-electron chi connectivity index (χ1n) is 6.17. The first-order chi connectivity index (χ1) is 8.81. The van der Waals surface area contributed by atoms with Gasteiger partial charge in [-0.25, -0.2) is 9.37 Å². The summed E-state index contributed by atoms with van der Waals surface area (Å²) >= 11 is 0. The number of nitrogens with zero attached hydrogens (tertiary/aromatic N) is 1. The molecule has 18 heavy (non-hydrogen) atoms. The van der Waals surface area contributed by atoms with Crippen LogP contribution in [0.4, 0.5) is 4.39 Å². The molecule has 0 atom stereocenters. The van der Waals surface area contributed by atoms with Crippen molar-refractivity contribution in [3.8, 4) is 5.88 Å². The van der Waals surface area contributed by atoms with E-state index in [0.717, 1.165) is 24.1 Å². The standard InChI is InChI=1S/C15H14FNO/c16-13-7-4-11(5-8-13)10-18-15-9-6-12-2-1-3-14(12)17-15/h4-9H,1-3,10H2. The van der Waals surface area contributed by atoms with Crippen molar-refractivity contribution in [1.29, 1.82) is 0 Å². The Morgan fingerprint density at radius 3 is 2.72 bits per heavy atom. The maximum Gasteiger partial charge on any atom is 0.213 e. The van der Waals surface area contributed by atoms with Crippen LogP contribution in [0.5, 0.6) is 5.88 Å². The van der Waals surface area contributed by atoms with E-state index in [1.807, 2.05) is 6.07 Å². The van der Waals surface area contributed by atoms with Crippen LogP contribution in [-0.4, -0.2) is 4.98 Å². The van der Waals surface area contributed by atoms with E-state index >= 15 is 0 Å². The van der Waals surface area contributed by atoms with E-state index in [0.29, 0.717) is 12.5 Å². The molecular weight excluding hydrogens is 229 g/mol. The van der Waals surface area contributed by atoms with Crippen molar-refractivity contribution in [2.75, 3.05) is 0 Å². The lowest BCUT2D eigenvalue weighted by molar-refractivity contribution is 0.293. The summed E-state index contributed by atoms with van der Waals surface area (Å²) in [6.45, 7) is 0.423. The van der Waals surface area contributed by atoms with Crippen LogP contribution >= 0.6 is 0 Å². The van der Waals surface area contributed by atoms with E-state index in [4.69, 9.17) is 4.74 Å². The minimum Gasteiger partial charge on any atom is -0.473 e. The van der Waals surface area contributed by atoms with Crippen LogP contribution in [-0.2, 0) is 19.4 Å². The van der Waals surface area contributed by atoms with Gasteiger partial charge in [0.1, 0.15) is 12.4 Å². The van der Waals surface area contributed by atoms with Crippen molar-refractivity contribution in [1.82, 2.24) is 4.98 Å². The Hall–Kier alpha value is -1.90. The highest BCUT2D eigenvalue weighted by molar-refractivity contribution is 5.29. The molecule has 1 aliphatic rings. The normalized spacial score (nSPS) is 13.4. The second-order valence-electron chi connectivity index (χ2n) is 4.52. The summed E-state index contributed by atoms with van der Waals surface area (Å²) in [5.74, 6) is 0.425. The minimum absolute atomic E-state index is 0.227. The van der Waals surface area contributed by atoms with E-state index < -0.39 is 0 Å². The molecule has 3 heteroatoms. The summed E-state index contributed by atoms with van der Waals surface area (Å²) in [6, 6.07) is 10.3. The summed E-state index contributed by atoms with van der Waals surface area (Å²) in [7, 11) is 0. The van der Waals surface area contributed by atoms with Gasteiger partial charge in [0.25, 0.3) is 0 Å². The Bertz CT molecular complexity index is 551. The largest absolute Gasteiger partial charge is 0.473 e. The molecule has 2 aromatic rings. The molecule has 0 amide bonds. The SMILES string of the molecule is Fc1ccc(COc2ccc3c(n2)CCC3)cc1. The molecule has 0 saturated heterocycles. The first kappa shape index (κ1) is 11.2. The molecule has 1 heterocycles. The average Bonchev–Trinajstić information content (AvgIpc) is 2.85. The zero-order valence-electron chi connectivity index (χ0n) is 10.0. The van der Waals surface area contributed by atoms with Crippen LogP contribution in [0.2, 0.25) is 0 Å². The number of aromatic nitrogens is 1. The van der Waals surface area contributed by atoms with Gasteiger partial charge in [-0.3, -0.25) is 0 Å². The molecule has 1 aromatic carbocycles. The molecular formula is C15H14FNO. The summed E-state index contributed by atoms with van der Waals surface area (Å²) in [6.07, 6.45) is 3.35. The van der Waals surface area contributed by atoms with Crippen molar-refractivity contribution in [2.45, 2.75) is 25.9 Å². The number of pyridine rings is 1. The maximum atomic E-state index is 12.7. The van der Waals surface area contributed by atoms with Gasteiger partial charge in [0, 0.05) is 11.8 Å². The summed E-state index contributed by atoms with van der Waals surface area (Å²) in [5.41, 5.74) is 3.44. The Morgan fingerprint density at radius 2 is 1.89 bits per heavy atom. The lowest BCUT2D eigenvalue weighted by atomic mass is 10.2. The van der Waals surface area contributed by atoms with Gasteiger partial charge in [-0.15, -0.1) is 0 Å². The van der Waals surface area contributed by atoms with Gasteiger partial charge >= 0.3 is 0 Å². The second kappa shape index (κ2) is 4.77. The fourth-order valence-electron chi connectivity index (χ4n) is 2.22. The molecule has 0 fully saturated rings. The van der Waals surface area contributed by atoms with Gasteiger partial charge in [-0.05, 0) is 42.5 Å². The zero-order valence-corrected chi connectivity index (χ0v) is 10.0. The molecule has 0 aliphatic heterocycles. The number of ether oxygens (including phenoxy) is 1. The van der Waals surface area contributed by atoms with Crippen LogP contribution in [0.25, 0.3) is 0 Å². The smallest absolute Gasteiger partial charge is 0.213 e. The number of halogens is 1. The second-order valence-corrected chi connectivity index (χ2v) is 4.52. The van der Waals surface area contributed by atoms with Gasteiger partial charge in [0.05, 0.1) is 0 Å². The van der Waals surface area contributed by atoms with Gasteiger partial charge in [0.2, 0.25) is 5.88 Å². The van der Waals surface area contributed by atoms with Gasteiger partial charge in [0.15, 0.2) is 0 Å². The van der Waals surface area contributed by atoms with Crippen LogP contribution in [0, 0.1) is 5.82 Å². The molecule has 3 rings (SSSR count). The average molecular weight is 243 g/mol. The molecule has 0 spiro atoms. The highest BCUT2D eigenvalue weighted by atomic mass is 19.1. The van der Waals surface area contributed by atoms with Gasteiger partial charge < -0.3 is 4.74 Å². The monoisotopic (exact) mass is 243 g/mol. The molecule has 0 N–H and O–H groups in total. The molecule has 1 aliphatic carbocycles. The Kier molecular flexibility index (Phi) is 2.97. The molecule has 0 saturated carbocycles. The Balaban J connectivity index is 1.68. The predicted octanol–water partition coefficient (Wildman–Crippen LogP) is 3.29. The topological polar surface area (TPSA) is 22.1 Å². The Morgan fingerprint density at radius 1 is 1.06 bits per heavy atom. The predicted molar refractivity (Wildman–Crippen MR) is 67.0 cm³/mol. The minimum atomic E-state index is -0.227. The van der Waals surface area contributed by atoms with E-state index in [1.165, 1.54) is 24.1 Å². The number of hydrogen-bond acceptors (Lipinski definition) is 2. The summed E-state index contributed by atoms with van der Waals surface area (Å²) in [4.78, 5) is 4.49. The summed E-state index contributed by atoms with van der Waals surface area (Å²) < 4.78 is 18.4. The number of fused-ring (bicyclic) bond motifs is 1. The van der Waals surface area contributed by atoms with Crippen LogP contribution in [0.15, 0.2) is 36.4 Å². The van der Waals surface area contributed by atoms with Crippen molar-refractivity contribution in [3.05, 3.63) is 59.0 Å². The molecule has 0 bridgehead atoms. The van der Waals surface area contributed by atoms with E-state index in [2.05, 4.69) is 11.1 Å². The number of hydrogen-bond donors (Lipinski definition) is 0. The van der Waals surface area contributed by atoms with Gasteiger partial charge in [-0.1, -0.05) is 18.2 Å². The van der Waals surface area contributed by atoms with Crippen molar-refractivity contribution in [3.63, 3.8) is 0 Å². The zero-order chi connectivity index (χ0) is 12.4. The molecule has 2 nitrogen and oxygen atoms in total. The highest BCUT2D eigenvalue weighted by Crippen LogP contribution is 2.22. The van der Waals surface area contributed by atoms with Crippen molar-refractivity contribution >= 4 is 0 Å². The molecule has 1 aromatic heterocycles. The third kappa shape index (κ3) is 2.35. The molecule has 0 unspecified atom stereocenters. The maximum absolute atomic E-state index is 12.7. The lowest BCUT2D eigenvalue weighted by Crippen LogP contribution is -1.99. The lowest BCUT2D eigenvalue weighted by Gasteiger charge is -2.07. The quantitative estimate of drug-likeness (QED) is 0.825. The van der Waals surface area contributed by atoms with Crippen molar-refractivity contribution in [2.24, 2.45) is 0 Å². The van der Waals surface area contributed by atoms with E-state index in [1.54, 1.807) is 12.1 Å². The fourth-order valence-corrected chi connectivity index (χ4v) is 2.22. The van der Waals surface area contributed by atoms with Crippen molar-refractivity contribution < 1.29 is 9.13 Å². The van der Waals surface area contributed by atoms with E-state index in [9.17, 15) is 4.39 Å². The van der Waals surface area contributed by atoms with Crippen LogP contribution in [0.3, 0.4) is 0 Å². The molecule has 0 radical (unpaired) electrons. The fraction of sp³-hybridized carbons (Fsp3) is 0.267. The first-order valence-corrected chi connectivity index (χ1v) is 6.17.